The van der Waals surface area contributed by atoms with Gasteiger partial charge in [0.15, 0.2) is 5.76 Å². The van der Waals surface area contributed by atoms with Crippen molar-refractivity contribution in [2.24, 2.45) is 0 Å². The lowest BCUT2D eigenvalue weighted by atomic mass is 9.84. The first-order chi connectivity index (χ1) is 15.9. The summed E-state index contributed by atoms with van der Waals surface area (Å²) in [5.41, 5.74) is 1.61. The highest BCUT2D eigenvalue weighted by Gasteiger charge is 2.36. The topological polar surface area (TPSA) is 97.3 Å². The van der Waals surface area contributed by atoms with Crippen molar-refractivity contribution in [3.8, 4) is 17.4 Å². The number of hydrogen-bond donors (Lipinski definition) is 1. The van der Waals surface area contributed by atoms with Gasteiger partial charge >= 0.3 is 0 Å². The van der Waals surface area contributed by atoms with E-state index in [4.69, 9.17) is 16.0 Å². The minimum Gasteiger partial charge on any atom is -0.463 e. The molecule has 1 amide bonds. The molecular formula is C24H22ClN5O3. The fourth-order valence-corrected chi connectivity index (χ4v) is 4.26. The summed E-state index contributed by atoms with van der Waals surface area (Å²) in [5.74, 6) is 0.858. The third-order valence-corrected chi connectivity index (χ3v) is 6.36. The fourth-order valence-electron chi connectivity index (χ4n) is 4.13. The summed E-state index contributed by atoms with van der Waals surface area (Å²) in [5, 5.41) is 16.1. The van der Waals surface area contributed by atoms with Gasteiger partial charge in [-0.05, 0) is 55.7 Å². The molecule has 9 heteroatoms. The van der Waals surface area contributed by atoms with Crippen LogP contribution in [-0.2, 0) is 5.60 Å². The molecule has 0 radical (unpaired) electrons. The molecule has 0 spiro atoms. The summed E-state index contributed by atoms with van der Waals surface area (Å²) < 4.78 is 6.96. The van der Waals surface area contributed by atoms with Gasteiger partial charge in [-0.1, -0.05) is 23.7 Å². The molecule has 4 heterocycles. The van der Waals surface area contributed by atoms with Crippen molar-refractivity contribution in [1.82, 2.24) is 24.6 Å². The lowest BCUT2D eigenvalue weighted by molar-refractivity contribution is -0.0211. The summed E-state index contributed by atoms with van der Waals surface area (Å²) in [7, 11) is 0. The largest absolute Gasteiger partial charge is 0.463 e. The van der Waals surface area contributed by atoms with Crippen molar-refractivity contribution in [2.45, 2.75) is 25.4 Å². The molecule has 0 unspecified atom stereocenters. The first-order valence-electron chi connectivity index (χ1n) is 10.6. The van der Waals surface area contributed by atoms with Crippen LogP contribution in [0.3, 0.4) is 0 Å². The van der Waals surface area contributed by atoms with E-state index >= 15 is 0 Å². The number of benzene rings is 1. The molecule has 0 aliphatic carbocycles. The van der Waals surface area contributed by atoms with Gasteiger partial charge in [0.2, 0.25) is 0 Å². The zero-order valence-corrected chi connectivity index (χ0v) is 18.7. The van der Waals surface area contributed by atoms with E-state index in [1.807, 2.05) is 25.1 Å². The number of furan rings is 1. The van der Waals surface area contributed by atoms with E-state index in [1.165, 1.54) is 0 Å². The molecule has 168 valence electrons. The first-order valence-corrected chi connectivity index (χ1v) is 11.0. The maximum Gasteiger partial charge on any atom is 0.257 e. The van der Waals surface area contributed by atoms with Gasteiger partial charge in [0, 0.05) is 24.3 Å². The highest BCUT2D eigenvalue weighted by atomic mass is 35.5. The van der Waals surface area contributed by atoms with Gasteiger partial charge in [0.05, 0.1) is 29.3 Å². The van der Waals surface area contributed by atoms with Crippen LogP contribution < -0.4 is 0 Å². The molecule has 0 saturated carbocycles. The van der Waals surface area contributed by atoms with Crippen molar-refractivity contribution in [2.75, 3.05) is 13.1 Å². The van der Waals surface area contributed by atoms with Crippen molar-refractivity contribution in [1.29, 1.82) is 0 Å². The second kappa shape index (κ2) is 8.46. The Hall–Kier alpha value is -3.49. The lowest BCUT2D eigenvalue weighted by Crippen LogP contribution is -2.45. The number of amides is 1. The normalized spacial score (nSPS) is 15.5. The van der Waals surface area contributed by atoms with Crippen molar-refractivity contribution >= 4 is 17.5 Å². The van der Waals surface area contributed by atoms with Crippen molar-refractivity contribution in [3.05, 3.63) is 83.0 Å². The Morgan fingerprint density at radius 3 is 2.61 bits per heavy atom. The SMILES string of the molecule is Cc1c(C(=O)N2CCC(O)(c3ccc(Cl)cc3)CC2)cnn1-c1nccc(-c2ccco2)n1. The lowest BCUT2D eigenvalue weighted by Gasteiger charge is -2.38. The highest BCUT2D eigenvalue weighted by molar-refractivity contribution is 6.30. The van der Waals surface area contributed by atoms with Crippen LogP contribution >= 0.6 is 11.6 Å². The molecular weight excluding hydrogens is 442 g/mol. The number of rotatable bonds is 4. The number of halogens is 1. The first kappa shape index (κ1) is 21.4. The maximum absolute atomic E-state index is 13.2. The average molecular weight is 464 g/mol. The monoisotopic (exact) mass is 463 g/mol. The maximum atomic E-state index is 13.2. The van der Waals surface area contributed by atoms with E-state index in [0.717, 1.165) is 5.56 Å². The van der Waals surface area contributed by atoms with Gasteiger partial charge in [-0.2, -0.15) is 5.10 Å². The Bertz CT molecular complexity index is 1280. The van der Waals surface area contributed by atoms with Gasteiger partial charge in [0.1, 0.15) is 5.69 Å². The minimum atomic E-state index is -0.972. The zero-order chi connectivity index (χ0) is 23.0. The Morgan fingerprint density at radius 2 is 1.91 bits per heavy atom. The summed E-state index contributed by atoms with van der Waals surface area (Å²) >= 11 is 5.97. The van der Waals surface area contributed by atoms with Gasteiger partial charge in [-0.15, -0.1) is 0 Å². The summed E-state index contributed by atoms with van der Waals surface area (Å²) in [6.07, 6.45) is 5.65. The summed E-state index contributed by atoms with van der Waals surface area (Å²) in [4.78, 5) is 23.8. The van der Waals surface area contributed by atoms with Crippen LogP contribution in [0.25, 0.3) is 17.4 Å². The summed E-state index contributed by atoms with van der Waals surface area (Å²) in [6.45, 7) is 2.69. The number of aliphatic hydroxyl groups is 1. The molecule has 1 aliphatic heterocycles. The average Bonchev–Trinajstić information content (AvgIpc) is 3.50. The van der Waals surface area contributed by atoms with Crippen LogP contribution in [0.5, 0.6) is 0 Å². The van der Waals surface area contributed by atoms with Gasteiger partial charge in [0.25, 0.3) is 11.9 Å². The predicted molar refractivity (Wildman–Crippen MR) is 122 cm³/mol. The number of aromatic nitrogens is 4. The summed E-state index contributed by atoms with van der Waals surface area (Å²) in [6, 6.07) is 12.6. The second-order valence-corrected chi connectivity index (χ2v) is 8.54. The second-order valence-electron chi connectivity index (χ2n) is 8.11. The number of piperidine rings is 1. The number of hydrogen-bond acceptors (Lipinski definition) is 6. The van der Waals surface area contributed by atoms with Gasteiger partial charge in [-0.3, -0.25) is 4.79 Å². The third-order valence-electron chi connectivity index (χ3n) is 6.11. The van der Waals surface area contributed by atoms with Crippen molar-refractivity contribution < 1.29 is 14.3 Å². The van der Waals surface area contributed by atoms with Gasteiger partial charge < -0.3 is 14.4 Å². The van der Waals surface area contributed by atoms with Crippen LogP contribution in [0.4, 0.5) is 0 Å². The third kappa shape index (κ3) is 4.03. The molecule has 0 bridgehead atoms. The van der Waals surface area contributed by atoms with E-state index in [9.17, 15) is 9.90 Å². The molecule has 1 saturated heterocycles. The van der Waals surface area contributed by atoms with Crippen LogP contribution in [-0.4, -0.2) is 48.8 Å². The predicted octanol–water partition coefficient (Wildman–Crippen LogP) is 4.01. The number of nitrogens with zero attached hydrogens (tertiary/aromatic N) is 5. The minimum absolute atomic E-state index is 0.126. The molecule has 4 aromatic rings. The number of carbonyl (C=O) groups is 1. The molecule has 1 N–H and O–H groups in total. The number of likely N-dealkylation sites (tertiary alicyclic amines) is 1. The Kier molecular flexibility index (Phi) is 5.47. The molecule has 1 fully saturated rings. The van der Waals surface area contributed by atoms with Crippen molar-refractivity contribution in [3.63, 3.8) is 0 Å². The van der Waals surface area contributed by atoms with E-state index in [-0.39, 0.29) is 5.91 Å². The molecule has 8 nitrogen and oxygen atoms in total. The molecule has 5 rings (SSSR count). The molecule has 1 aliphatic rings. The number of carbonyl (C=O) groups excluding carboxylic acids is 1. The fraction of sp³-hybridized carbons (Fsp3) is 0.250. The Morgan fingerprint density at radius 1 is 1.15 bits per heavy atom. The smallest absolute Gasteiger partial charge is 0.257 e. The quantitative estimate of drug-likeness (QED) is 0.491. The van der Waals surface area contributed by atoms with Gasteiger partial charge in [-0.25, -0.2) is 14.6 Å². The van der Waals surface area contributed by atoms with Crippen LogP contribution in [0.1, 0.15) is 34.5 Å². The van der Waals surface area contributed by atoms with Crippen LogP contribution in [0.15, 0.2) is 65.5 Å². The van der Waals surface area contributed by atoms with E-state index < -0.39 is 5.60 Å². The highest BCUT2D eigenvalue weighted by Crippen LogP contribution is 2.34. The molecule has 3 aromatic heterocycles. The van der Waals surface area contributed by atoms with Crippen LogP contribution in [0, 0.1) is 6.92 Å². The van der Waals surface area contributed by atoms with E-state index in [1.54, 1.807) is 52.5 Å². The zero-order valence-electron chi connectivity index (χ0n) is 18.0. The standard InChI is InChI=1S/C24H22ClN5O3/c1-16-19(15-27-30(16)23-26-11-8-20(28-23)21-3-2-14-33-21)22(31)29-12-9-24(32,10-13-29)17-4-6-18(25)7-5-17/h2-8,11,14-15,32H,9-10,12-13H2,1H3. The Labute approximate surface area is 195 Å². The van der Waals surface area contributed by atoms with E-state index in [0.29, 0.717) is 59.6 Å². The molecule has 33 heavy (non-hydrogen) atoms. The van der Waals surface area contributed by atoms with E-state index in [2.05, 4.69) is 15.1 Å². The Balaban J connectivity index is 1.33. The van der Waals surface area contributed by atoms with Crippen LogP contribution in [0.2, 0.25) is 5.02 Å². The molecule has 1 aromatic carbocycles. The molecule has 0 atom stereocenters.